The van der Waals surface area contributed by atoms with Crippen molar-refractivity contribution >= 4 is 5.97 Å². The minimum absolute atomic E-state index is 0.212. The Hall–Kier alpha value is -1.05. The highest BCUT2D eigenvalue weighted by Crippen LogP contribution is 2.00. The Kier molecular flexibility index (Phi) is 4.29. The lowest BCUT2D eigenvalue weighted by atomic mass is 10.2. The second-order valence-electron chi connectivity index (χ2n) is 2.00. The highest BCUT2D eigenvalue weighted by molar-refractivity contribution is 5.72. The quantitative estimate of drug-likeness (QED) is 0.440. The summed E-state index contributed by atoms with van der Waals surface area (Å²) < 4.78 is 4.45. The molecule has 0 aliphatic carbocycles. The van der Waals surface area contributed by atoms with Crippen LogP contribution in [0.15, 0.2) is 24.3 Å². The van der Waals surface area contributed by atoms with Crippen molar-refractivity contribution in [1.82, 2.24) is 0 Å². The molecule has 0 aromatic rings. The second-order valence-corrected chi connectivity index (χ2v) is 2.00. The summed E-state index contributed by atoms with van der Waals surface area (Å²) in [7, 11) is 1.38. The molecule has 0 saturated carbocycles. The van der Waals surface area contributed by atoms with Crippen LogP contribution in [0.1, 0.15) is 13.3 Å². The lowest BCUT2D eigenvalue weighted by Crippen LogP contribution is -1.99. The minimum Gasteiger partial charge on any atom is -0.469 e. The predicted octanol–water partition coefficient (Wildman–Crippen LogP) is 1.68. The Morgan fingerprint density at radius 2 is 2.30 bits per heavy atom. The number of ether oxygens (including phenoxy) is 1. The zero-order chi connectivity index (χ0) is 7.98. The first-order valence-electron chi connectivity index (χ1n) is 3.05. The van der Waals surface area contributed by atoms with Crippen molar-refractivity contribution in [2.24, 2.45) is 0 Å². The van der Waals surface area contributed by atoms with E-state index in [-0.39, 0.29) is 5.97 Å². The molecule has 0 fully saturated rings. The van der Waals surface area contributed by atoms with Gasteiger partial charge in [-0.1, -0.05) is 24.3 Å². The molecule has 0 bridgehead atoms. The number of carbonyl (C=O) groups excluding carboxylic acids is 1. The van der Waals surface area contributed by atoms with E-state index in [4.69, 9.17) is 0 Å². The molecule has 0 radical (unpaired) electrons. The largest absolute Gasteiger partial charge is 0.469 e. The van der Waals surface area contributed by atoms with Crippen molar-refractivity contribution in [2.75, 3.05) is 7.11 Å². The first-order valence-corrected chi connectivity index (χ1v) is 3.05. The van der Waals surface area contributed by atoms with Crippen LogP contribution in [-0.4, -0.2) is 13.1 Å². The van der Waals surface area contributed by atoms with Crippen LogP contribution in [0.2, 0.25) is 0 Å². The number of allylic oxidation sites excluding steroid dienone is 2. The molecule has 2 nitrogen and oxygen atoms in total. The monoisotopic (exact) mass is 140 g/mol. The molecule has 0 aromatic heterocycles. The second kappa shape index (κ2) is 4.79. The highest BCUT2D eigenvalue weighted by Gasteiger charge is 1.98. The first kappa shape index (κ1) is 8.95. The van der Waals surface area contributed by atoms with Crippen LogP contribution in [0.4, 0.5) is 0 Å². The van der Waals surface area contributed by atoms with Crippen LogP contribution >= 0.6 is 0 Å². The molecule has 0 amide bonds. The molecule has 10 heavy (non-hydrogen) atoms. The average Bonchev–Trinajstić information content (AvgIpc) is 1.88. The Bertz CT molecular complexity index is 157. The van der Waals surface area contributed by atoms with Gasteiger partial charge in [0, 0.05) is 0 Å². The molecule has 0 aromatic carbocycles. The maximum atomic E-state index is 10.6. The molecule has 0 saturated heterocycles. The molecule has 0 heterocycles. The normalized spacial score (nSPS) is 10.8. The fourth-order valence-electron chi connectivity index (χ4n) is 0.560. The predicted molar refractivity (Wildman–Crippen MR) is 40.6 cm³/mol. The zero-order valence-electron chi connectivity index (χ0n) is 6.39. The van der Waals surface area contributed by atoms with Crippen molar-refractivity contribution in [2.45, 2.75) is 13.3 Å². The molecule has 0 unspecified atom stereocenters. The van der Waals surface area contributed by atoms with Gasteiger partial charge in [-0.05, 0) is 6.92 Å². The van der Waals surface area contributed by atoms with Crippen LogP contribution in [0.25, 0.3) is 0 Å². The molecule has 0 aliphatic heterocycles. The average molecular weight is 140 g/mol. The number of carbonyl (C=O) groups is 1. The van der Waals surface area contributed by atoms with Gasteiger partial charge in [0.15, 0.2) is 0 Å². The van der Waals surface area contributed by atoms with E-state index >= 15 is 0 Å². The molecule has 0 aliphatic rings. The molecule has 56 valence electrons. The van der Waals surface area contributed by atoms with Gasteiger partial charge in [-0.3, -0.25) is 4.79 Å². The van der Waals surface area contributed by atoms with Gasteiger partial charge in [0.2, 0.25) is 0 Å². The summed E-state index contributed by atoms with van der Waals surface area (Å²) in [6.45, 7) is 5.36. The number of methoxy groups -OCH3 is 1. The van der Waals surface area contributed by atoms with E-state index in [1.165, 1.54) is 7.11 Å². The summed E-state index contributed by atoms with van der Waals surface area (Å²) in [5.41, 5.74) is 0.960. The van der Waals surface area contributed by atoms with Gasteiger partial charge in [0.1, 0.15) is 0 Å². The summed E-state index contributed by atoms with van der Waals surface area (Å²) in [5, 5.41) is 0. The summed E-state index contributed by atoms with van der Waals surface area (Å²) in [5.74, 6) is -0.212. The van der Waals surface area contributed by atoms with Gasteiger partial charge in [0.25, 0.3) is 0 Å². The van der Waals surface area contributed by atoms with E-state index in [0.29, 0.717) is 6.42 Å². The van der Waals surface area contributed by atoms with E-state index < -0.39 is 0 Å². The molecular formula is C8H12O2. The summed E-state index contributed by atoms with van der Waals surface area (Å²) >= 11 is 0. The van der Waals surface area contributed by atoms with E-state index in [0.717, 1.165) is 5.57 Å². The first-order chi connectivity index (χ1) is 4.70. The van der Waals surface area contributed by atoms with Crippen molar-refractivity contribution < 1.29 is 9.53 Å². The van der Waals surface area contributed by atoms with Crippen LogP contribution in [-0.2, 0) is 9.53 Å². The third-order valence-corrected chi connectivity index (χ3v) is 1.05. The maximum Gasteiger partial charge on any atom is 0.309 e. The van der Waals surface area contributed by atoms with Gasteiger partial charge in [0.05, 0.1) is 13.5 Å². The topological polar surface area (TPSA) is 26.3 Å². The molecule has 0 spiro atoms. The summed E-state index contributed by atoms with van der Waals surface area (Å²) in [6.07, 6.45) is 3.79. The van der Waals surface area contributed by atoms with Crippen molar-refractivity contribution in [3.05, 3.63) is 24.3 Å². The van der Waals surface area contributed by atoms with Gasteiger partial charge in [-0.25, -0.2) is 0 Å². The van der Waals surface area contributed by atoms with Crippen molar-refractivity contribution in [1.29, 1.82) is 0 Å². The SMILES string of the molecule is C=C/C=C(\C)CC(=O)OC. The van der Waals surface area contributed by atoms with E-state index in [1.807, 2.05) is 6.92 Å². The van der Waals surface area contributed by atoms with Gasteiger partial charge >= 0.3 is 5.97 Å². The van der Waals surface area contributed by atoms with Crippen LogP contribution < -0.4 is 0 Å². The third kappa shape index (κ3) is 3.89. The number of rotatable bonds is 3. The molecule has 0 atom stereocenters. The summed E-state index contributed by atoms with van der Waals surface area (Å²) in [6, 6.07) is 0. The van der Waals surface area contributed by atoms with Crippen molar-refractivity contribution in [3.63, 3.8) is 0 Å². The Morgan fingerprint density at radius 3 is 2.70 bits per heavy atom. The van der Waals surface area contributed by atoms with Crippen LogP contribution in [0.5, 0.6) is 0 Å². The van der Waals surface area contributed by atoms with Gasteiger partial charge in [-0.15, -0.1) is 0 Å². The Labute approximate surface area is 61.2 Å². The summed E-state index contributed by atoms with van der Waals surface area (Å²) in [4.78, 5) is 10.6. The Morgan fingerprint density at radius 1 is 1.70 bits per heavy atom. The number of hydrogen-bond acceptors (Lipinski definition) is 2. The molecule has 0 N–H and O–H groups in total. The van der Waals surface area contributed by atoms with Crippen molar-refractivity contribution in [3.8, 4) is 0 Å². The lowest BCUT2D eigenvalue weighted by molar-refractivity contribution is -0.139. The fraction of sp³-hybridized carbons (Fsp3) is 0.375. The molecule has 0 rings (SSSR count). The Balaban J connectivity index is 3.78. The molecular weight excluding hydrogens is 128 g/mol. The zero-order valence-corrected chi connectivity index (χ0v) is 6.39. The molecule has 2 heteroatoms. The third-order valence-electron chi connectivity index (χ3n) is 1.05. The number of hydrogen-bond donors (Lipinski definition) is 0. The van der Waals surface area contributed by atoms with Crippen LogP contribution in [0, 0.1) is 0 Å². The van der Waals surface area contributed by atoms with E-state index in [9.17, 15) is 4.79 Å². The smallest absolute Gasteiger partial charge is 0.309 e. The standard InChI is InChI=1S/C8H12O2/c1-4-5-7(2)6-8(9)10-3/h4-5H,1,6H2,2-3H3/b7-5+. The van der Waals surface area contributed by atoms with Gasteiger partial charge in [-0.2, -0.15) is 0 Å². The lowest BCUT2D eigenvalue weighted by Gasteiger charge is -1.96. The van der Waals surface area contributed by atoms with Crippen LogP contribution in [0.3, 0.4) is 0 Å². The maximum absolute atomic E-state index is 10.6. The van der Waals surface area contributed by atoms with E-state index in [1.54, 1.807) is 12.2 Å². The highest BCUT2D eigenvalue weighted by atomic mass is 16.5. The number of esters is 1. The fourth-order valence-corrected chi connectivity index (χ4v) is 0.560. The van der Waals surface area contributed by atoms with Gasteiger partial charge < -0.3 is 4.74 Å². The minimum atomic E-state index is -0.212. The van der Waals surface area contributed by atoms with E-state index in [2.05, 4.69) is 11.3 Å².